The minimum atomic E-state index is -3.44. The fraction of sp³-hybridized carbons (Fsp3) is 0.900. The van der Waals surface area contributed by atoms with Gasteiger partial charge in [-0.1, -0.05) is 6.92 Å². The van der Waals surface area contributed by atoms with Gasteiger partial charge in [0.1, 0.15) is 0 Å². The third kappa shape index (κ3) is 4.25. The second kappa shape index (κ2) is 6.32. The molecule has 6 nitrogen and oxygen atoms in total. The molecule has 1 rings (SSSR count). The highest BCUT2D eigenvalue weighted by Crippen LogP contribution is 2.16. The Bertz CT molecular complexity index is 349. The maximum Gasteiger partial charge on any atom is 0.304 e. The van der Waals surface area contributed by atoms with Crippen LogP contribution < -0.4 is 5.32 Å². The topological polar surface area (TPSA) is 86.7 Å². The molecule has 1 fully saturated rings. The minimum Gasteiger partial charge on any atom is -0.481 e. The number of nitrogens with zero attached hydrogens (tertiary/aromatic N) is 1. The molecule has 0 aliphatic carbocycles. The molecule has 7 heteroatoms. The van der Waals surface area contributed by atoms with Crippen LogP contribution in [0.5, 0.6) is 0 Å². The van der Waals surface area contributed by atoms with Gasteiger partial charge < -0.3 is 10.4 Å². The zero-order valence-electron chi connectivity index (χ0n) is 10.1. The van der Waals surface area contributed by atoms with E-state index in [2.05, 4.69) is 5.32 Å². The molecule has 1 heterocycles. The fourth-order valence-corrected chi connectivity index (χ4v) is 3.84. The SMILES string of the molecule is CCN(C1CCNCC1)S(=O)(=O)CCC(=O)O. The van der Waals surface area contributed by atoms with Crippen molar-refractivity contribution in [2.45, 2.75) is 32.2 Å². The van der Waals surface area contributed by atoms with Crippen LogP contribution in [0.2, 0.25) is 0 Å². The zero-order chi connectivity index (χ0) is 12.9. The third-order valence-corrected chi connectivity index (χ3v) is 4.95. The van der Waals surface area contributed by atoms with Gasteiger partial charge in [-0.25, -0.2) is 8.42 Å². The molecule has 0 radical (unpaired) electrons. The van der Waals surface area contributed by atoms with Crippen LogP contribution in [0.3, 0.4) is 0 Å². The van der Waals surface area contributed by atoms with Crippen molar-refractivity contribution in [3.8, 4) is 0 Å². The Balaban J connectivity index is 2.67. The van der Waals surface area contributed by atoms with Crippen molar-refractivity contribution in [1.29, 1.82) is 0 Å². The summed E-state index contributed by atoms with van der Waals surface area (Å²) in [7, 11) is -3.44. The van der Waals surface area contributed by atoms with E-state index >= 15 is 0 Å². The second-order valence-electron chi connectivity index (χ2n) is 4.14. The molecule has 0 saturated carbocycles. The highest BCUT2D eigenvalue weighted by atomic mass is 32.2. The van der Waals surface area contributed by atoms with Gasteiger partial charge in [0, 0.05) is 12.6 Å². The summed E-state index contributed by atoms with van der Waals surface area (Å²) in [6.45, 7) is 3.83. The summed E-state index contributed by atoms with van der Waals surface area (Å²) in [6, 6.07) is 0.0139. The lowest BCUT2D eigenvalue weighted by molar-refractivity contribution is -0.136. The average molecular weight is 264 g/mol. The molecule has 0 atom stereocenters. The van der Waals surface area contributed by atoms with Gasteiger partial charge in [0.05, 0.1) is 12.2 Å². The Morgan fingerprint density at radius 3 is 2.47 bits per heavy atom. The Morgan fingerprint density at radius 2 is 2.00 bits per heavy atom. The lowest BCUT2D eigenvalue weighted by Crippen LogP contribution is -2.46. The maximum absolute atomic E-state index is 12.0. The Morgan fingerprint density at radius 1 is 1.41 bits per heavy atom. The van der Waals surface area contributed by atoms with Crippen LogP contribution in [0, 0.1) is 0 Å². The Labute approximate surface area is 102 Å². The molecule has 0 unspecified atom stereocenters. The molecular weight excluding hydrogens is 244 g/mol. The normalized spacial score (nSPS) is 18.5. The van der Waals surface area contributed by atoms with E-state index in [0.29, 0.717) is 6.54 Å². The van der Waals surface area contributed by atoms with E-state index < -0.39 is 16.0 Å². The van der Waals surface area contributed by atoms with Gasteiger partial charge >= 0.3 is 5.97 Å². The molecule has 0 aromatic heterocycles. The number of aliphatic carboxylic acids is 1. The first kappa shape index (κ1) is 14.4. The van der Waals surface area contributed by atoms with E-state index in [1.807, 2.05) is 0 Å². The molecule has 0 amide bonds. The number of carboxylic acids is 1. The summed E-state index contributed by atoms with van der Waals surface area (Å²) in [5.74, 6) is -1.38. The minimum absolute atomic E-state index is 0.0139. The summed E-state index contributed by atoms with van der Waals surface area (Å²) < 4.78 is 25.5. The van der Waals surface area contributed by atoms with Crippen LogP contribution in [-0.2, 0) is 14.8 Å². The molecule has 0 aromatic rings. The number of carboxylic acid groups (broad SMARTS) is 1. The molecule has 0 aromatic carbocycles. The maximum atomic E-state index is 12.0. The van der Waals surface area contributed by atoms with Crippen LogP contribution >= 0.6 is 0 Å². The highest BCUT2D eigenvalue weighted by Gasteiger charge is 2.29. The van der Waals surface area contributed by atoms with E-state index in [4.69, 9.17) is 5.11 Å². The van der Waals surface area contributed by atoms with E-state index in [0.717, 1.165) is 25.9 Å². The van der Waals surface area contributed by atoms with E-state index in [9.17, 15) is 13.2 Å². The van der Waals surface area contributed by atoms with Gasteiger partial charge in [-0.05, 0) is 25.9 Å². The Kier molecular flexibility index (Phi) is 5.35. The molecule has 1 saturated heterocycles. The molecule has 0 bridgehead atoms. The van der Waals surface area contributed by atoms with Gasteiger partial charge in [0.2, 0.25) is 10.0 Å². The van der Waals surface area contributed by atoms with Crippen LogP contribution in [0.15, 0.2) is 0 Å². The molecule has 17 heavy (non-hydrogen) atoms. The van der Waals surface area contributed by atoms with Crippen molar-refractivity contribution < 1.29 is 18.3 Å². The zero-order valence-corrected chi connectivity index (χ0v) is 10.9. The molecule has 2 N–H and O–H groups in total. The fourth-order valence-electron chi connectivity index (χ4n) is 2.11. The van der Waals surface area contributed by atoms with E-state index in [-0.39, 0.29) is 18.2 Å². The third-order valence-electron chi connectivity index (χ3n) is 2.96. The molecular formula is C10H20N2O4S. The number of nitrogens with one attached hydrogen (secondary N) is 1. The lowest BCUT2D eigenvalue weighted by Gasteiger charge is -2.32. The first-order chi connectivity index (χ1) is 7.97. The van der Waals surface area contributed by atoms with Crippen LogP contribution in [-0.4, -0.2) is 55.2 Å². The average Bonchev–Trinajstić information content (AvgIpc) is 2.29. The molecule has 1 aliphatic heterocycles. The number of carbonyl (C=O) groups is 1. The van der Waals surface area contributed by atoms with Crippen molar-refractivity contribution in [2.24, 2.45) is 0 Å². The van der Waals surface area contributed by atoms with Gasteiger partial charge in [0.15, 0.2) is 0 Å². The Hall–Kier alpha value is -0.660. The summed E-state index contributed by atoms with van der Waals surface area (Å²) in [6.07, 6.45) is 1.25. The van der Waals surface area contributed by atoms with Crippen LogP contribution in [0.1, 0.15) is 26.2 Å². The predicted molar refractivity (Wildman–Crippen MR) is 64.3 cm³/mol. The van der Waals surface area contributed by atoms with Gasteiger partial charge in [-0.2, -0.15) is 4.31 Å². The van der Waals surface area contributed by atoms with Crippen molar-refractivity contribution in [3.05, 3.63) is 0 Å². The summed E-state index contributed by atoms with van der Waals surface area (Å²) in [4.78, 5) is 10.4. The quantitative estimate of drug-likeness (QED) is 0.697. The number of hydrogen-bond donors (Lipinski definition) is 2. The molecule has 100 valence electrons. The summed E-state index contributed by atoms with van der Waals surface area (Å²) >= 11 is 0. The molecule has 0 spiro atoms. The number of hydrogen-bond acceptors (Lipinski definition) is 4. The van der Waals surface area contributed by atoms with E-state index in [1.54, 1.807) is 6.92 Å². The lowest BCUT2D eigenvalue weighted by atomic mass is 10.1. The number of sulfonamides is 1. The van der Waals surface area contributed by atoms with Crippen molar-refractivity contribution in [3.63, 3.8) is 0 Å². The molecule has 1 aliphatic rings. The van der Waals surface area contributed by atoms with Crippen molar-refractivity contribution in [1.82, 2.24) is 9.62 Å². The smallest absolute Gasteiger partial charge is 0.304 e. The van der Waals surface area contributed by atoms with Crippen molar-refractivity contribution in [2.75, 3.05) is 25.4 Å². The largest absolute Gasteiger partial charge is 0.481 e. The second-order valence-corrected chi connectivity index (χ2v) is 6.19. The van der Waals surface area contributed by atoms with Crippen molar-refractivity contribution >= 4 is 16.0 Å². The van der Waals surface area contributed by atoms with Gasteiger partial charge in [-0.15, -0.1) is 0 Å². The predicted octanol–water partition coefficient (Wildman–Crippen LogP) is -0.135. The number of rotatable bonds is 6. The monoisotopic (exact) mass is 264 g/mol. The standard InChI is InChI=1S/C10H20N2O4S/c1-2-12(9-3-6-11-7-4-9)17(15,16)8-5-10(13)14/h9,11H,2-8H2,1H3,(H,13,14). The first-order valence-corrected chi connectivity index (χ1v) is 7.50. The van der Waals surface area contributed by atoms with Crippen LogP contribution in [0.25, 0.3) is 0 Å². The summed E-state index contributed by atoms with van der Waals surface area (Å²) in [5, 5.41) is 11.7. The number of piperidine rings is 1. The first-order valence-electron chi connectivity index (χ1n) is 5.89. The van der Waals surface area contributed by atoms with Gasteiger partial charge in [-0.3, -0.25) is 4.79 Å². The van der Waals surface area contributed by atoms with E-state index in [1.165, 1.54) is 4.31 Å². The van der Waals surface area contributed by atoms with Crippen LogP contribution in [0.4, 0.5) is 0 Å². The highest BCUT2D eigenvalue weighted by molar-refractivity contribution is 7.89. The summed E-state index contributed by atoms with van der Waals surface area (Å²) in [5.41, 5.74) is 0. The van der Waals surface area contributed by atoms with Gasteiger partial charge in [0.25, 0.3) is 0 Å².